The molecule has 2 heterocycles. The Hall–Kier alpha value is -2.34. The first kappa shape index (κ1) is 16.5. The molecule has 0 radical (unpaired) electrons. The van der Waals surface area contributed by atoms with E-state index in [2.05, 4.69) is 10.2 Å². The smallest absolute Gasteiger partial charge is 0.285 e. The molecule has 1 saturated heterocycles. The van der Waals surface area contributed by atoms with Gasteiger partial charge in [-0.15, -0.1) is 0 Å². The van der Waals surface area contributed by atoms with E-state index in [1.54, 1.807) is 0 Å². The summed E-state index contributed by atoms with van der Waals surface area (Å²) in [6, 6.07) is 8.09. The van der Waals surface area contributed by atoms with E-state index in [1.165, 1.54) is 11.8 Å². The van der Waals surface area contributed by atoms with Crippen LogP contribution in [0.4, 0.5) is 5.69 Å². The predicted molar refractivity (Wildman–Crippen MR) is 93.3 cm³/mol. The molecule has 1 amide bonds. The van der Waals surface area contributed by atoms with Crippen molar-refractivity contribution in [1.29, 1.82) is 0 Å². The highest BCUT2D eigenvalue weighted by Crippen LogP contribution is 2.26. The van der Waals surface area contributed by atoms with Gasteiger partial charge in [-0.1, -0.05) is 35.9 Å². The number of aromatic amines is 1. The lowest BCUT2D eigenvalue weighted by Crippen LogP contribution is -2.55. The number of hydrogen-bond donors (Lipinski definition) is 1. The molecule has 1 aliphatic rings. The van der Waals surface area contributed by atoms with Gasteiger partial charge in [0.15, 0.2) is 0 Å². The summed E-state index contributed by atoms with van der Waals surface area (Å²) in [7, 11) is 0. The lowest BCUT2D eigenvalue weighted by molar-refractivity contribution is -0.132. The Labute approximate surface area is 145 Å². The normalized spacial score (nSPS) is 18.1. The van der Waals surface area contributed by atoms with Gasteiger partial charge >= 0.3 is 0 Å². The summed E-state index contributed by atoms with van der Waals surface area (Å²) >= 11 is 6.08. The maximum Gasteiger partial charge on any atom is 0.285 e. The summed E-state index contributed by atoms with van der Waals surface area (Å²) in [4.78, 5) is 27.9. The minimum Gasteiger partial charge on any atom is -0.355 e. The van der Waals surface area contributed by atoms with Gasteiger partial charge in [0.05, 0.1) is 18.4 Å². The van der Waals surface area contributed by atoms with Crippen LogP contribution >= 0.6 is 11.6 Å². The Balaban J connectivity index is 1.80. The van der Waals surface area contributed by atoms with E-state index in [-0.39, 0.29) is 23.5 Å². The Kier molecular flexibility index (Phi) is 4.57. The van der Waals surface area contributed by atoms with Crippen molar-refractivity contribution >= 4 is 23.2 Å². The number of benzene rings is 1. The summed E-state index contributed by atoms with van der Waals surface area (Å²) < 4.78 is 0. The van der Waals surface area contributed by atoms with Crippen LogP contribution in [0.3, 0.4) is 0 Å². The number of hydrogen-bond acceptors (Lipinski definition) is 4. The van der Waals surface area contributed by atoms with E-state index in [0.29, 0.717) is 18.8 Å². The number of amides is 1. The number of rotatable bonds is 3. The van der Waals surface area contributed by atoms with Crippen LogP contribution in [-0.2, 0) is 11.3 Å². The van der Waals surface area contributed by atoms with Crippen LogP contribution in [0.15, 0.2) is 35.3 Å². The Morgan fingerprint density at radius 2 is 2.08 bits per heavy atom. The molecule has 1 atom stereocenters. The van der Waals surface area contributed by atoms with Gasteiger partial charge in [-0.2, -0.15) is 5.10 Å². The molecule has 0 saturated carbocycles. The van der Waals surface area contributed by atoms with Crippen molar-refractivity contribution in [1.82, 2.24) is 15.1 Å². The molecule has 0 unspecified atom stereocenters. The molecule has 126 valence electrons. The standard InChI is InChI=1S/C17H19ClN4O2/c1-11-5-3-4-6-13(11)9-21-8-12(2)22(10-15(21)23)14-7-19-20-17(24)16(14)18/h3-7,12H,8-10H2,1-2H3,(H,20,24)/t12-/m1/s1. The number of aryl methyl sites for hydroxylation is 1. The monoisotopic (exact) mass is 346 g/mol. The summed E-state index contributed by atoms with van der Waals surface area (Å²) in [6.07, 6.45) is 1.49. The molecule has 7 heteroatoms. The second kappa shape index (κ2) is 6.65. The first-order valence-corrected chi connectivity index (χ1v) is 8.17. The largest absolute Gasteiger partial charge is 0.355 e. The SMILES string of the molecule is Cc1ccccc1CN1C[C@@H](C)N(c2cn[nH]c(=O)c2Cl)CC1=O. The molecule has 0 aliphatic carbocycles. The zero-order chi connectivity index (χ0) is 17.3. The van der Waals surface area contributed by atoms with Crippen LogP contribution in [0, 0.1) is 6.92 Å². The van der Waals surface area contributed by atoms with Gasteiger partial charge in [-0.3, -0.25) is 9.59 Å². The van der Waals surface area contributed by atoms with E-state index in [9.17, 15) is 9.59 Å². The minimum atomic E-state index is -0.448. The molecule has 3 rings (SSSR count). The predicted octanol–water partition coefficient (Wildman–Crippen LogP) is 1.97. The molecule has 6 nitrogen and oxygen atoms in total. The van der Waals surface area contributed by atoms with Crippen molar-refractivity contribution in [2.24, 2.45) is 0 Å². The zero-order valence-corrected chi connectivity index (χ0v) is 14.4. The highest BCUT2D eigenvalue weighted by molar-refractivity contribution is 6.33. The van der Waals surface area contributed by atoms with Crippen LogP contribution in [-0.4, -0.2) is 40.1 Å². The topological polar surface area (TPSA) is 69.3 Å². The highest BCUT2D eigenvalue weighted by Gasteiger charge is 2.31. The van der Waals surface area contributed by atoms with Crippen LogP contribution in [0.25, 0.3) is 0 Å². The second-order valence-corrected chi connectivity index (χ2v) is 6.45. The molecule has 1 aromatic carbocycles. The number of nitrogens with one attached hydrogen (secondary N) is 1. The fraction of sp³-hybridized carbons (Fsp3) is 0.353. The average Bonchev–Trinajstić information content (AvgIpc) is 2.55. The fourth-order valence-electron chi connectivity index (χ4n) is 2.96. The highest BCUT2D eigenvalue weighted by atomic mass is 35.5. The van der Waals surface area contributed by atoms with Crippen LogP contribution in [0.2, 0.25) is 5.02 Å². The van der Waals surface area contributed by atoms with Crippen molar-refractivity contribution in [3.05, 3.63) is 57.0 Å². The van der Waals surface area contributed by atoms with Crippen LogP contribution in [0.5, 0.6) is 0 Å². The van der Waals surface area contributed by atoms with Gasteiger partial charge in [0.25, 0.3) is 5.56 Å². The molecule has 1 aromatic heterocycles. The van der Waals surface area contributed by atoms with Gasteiger partial charge in [0, 0.05) is 19.1 Å². The zero-order valence-electron chi connectivity index (χ0n) is 13.6. The summed E-state index contributed by atoms with van der Waals surface area (Å²) in [5.74, 6) is 0.00713. The van der Waals surface area contributed by atoms with Crippen LogP contribution in [0.1, 0.15) is 18.1 Å². The quantitative estimate of drug-likeness (QED) is 0.922. The second-order valence-electron chi connectivity index (χ2n) is 6.08. The molecular weight excluding hydrogens is 328 g/mol. The van der Waals surface area contributed by atoms with Crippen molar-refractivity contribution in [3.63, 3.8) is 0 Å². The first-order chi connectivity index (χ1) is 11.5. The van der Waals surface area contributed by atoms with Gasteiger partial charge in [0.1, 0.15) is 5.02 Å². The van der Waals surface area contributed by atoms with Gasteiger partial charge < -0.3 is 9.80 Å². The van der Waals surface area contributed by atoms with Gasteiger partial charge in [-0.05, 0) is 25.0 Å². The van der Waals surface area contributed by atoms with Gasteiger partial charge in [0.2, 0.25) is 5.91 Å². The molecule has 1 N–H and O–H groups in total. The Bertz CT molecular complexity index is 820. The minimum absolute atomic E-state index is 0.00713. The van der Waals surface area contributed by atoms with Gasteiger partial charge in [-0.25, -0.2) is 5.10 Å². The number of piperazine rings is 1. The van der Waals surface area contributed by atoms with E-state index in [0.717, 1.165) is 5.56 Å². The maximum absolute atomic E-state index is 12.6. The number of H-pyrrole nitrogens is 1. The summed E-state index contributed by atoms with van der Waals surface area (Å²) in [6.45, 7) is 5.38. The molecule has 0 spiro atoms. The number of nitrogens with zero attached hydrogens (tertiary/aromatic N) is 3. The summed E-state index contributed by atoms with van der Waals surface area (Å²) in [5.41, 5.74) is 2.36. The Morgan fingerprint density at radius 1 is 1.33 bits per heavy atom. The number of aromatic nitrogens is 2. The van der Waals surface area contributed by atoms with E-state index >= 15 is 0 Å². The number of carbonyl (C=O) groups excluding carboxylic acids is 1. The maximum atomic E-state index is 12.6. The Morgan fingerprint density at radius 3 is 2.83 bits per heavy atom. The van der Waals surface area contributed by atoms with Crippen molar-refractivity contribution in [2.45, 2.75) is 26.4 Å². The molecule has 0 bridgehead atoms. The molecule has 24 heavy (non-hydrogen) atoms. The molecule has 1 fully saturated rings. The van der Waals surface area contributed by atoms with Crippen molar-refractivity contribution in [3.8, 4) is 0 Å². The van der Waals surface area contributed by atoms with Crippen molar-refractivity contribution < 1.29 is 4.79 Å². The molecule has 1 aliphatic heterocycles. The number of halogens is 1. The lowest BCUT2D eigenvalue weighted by Gasteiger charge is -2.40. The average molecular weight is 347 g/mol. The van der Waals surface area contributed by atoms with Crippen molar-refractivity contribution in [2.75, 3.05) is 18.0 Å². The number of carbonyl (C=O) groups is 1. The molecular formula is C17H19ClN4O2. The first-order valence-electron chi connectivity index (χ1n) is 7.79. The van der Waals surface area contributed by atoms with E-state index in [1.807, 2.05) is 47.9 Å². The number of anilines is 1. The lowest BCUT2D eigenvalue weighted by atomic mass is 10.1. The fourth-order valence-corrected chi connectivity index (χ4v) is 3.16. The molecule has 2 aromatic rings. The summed E-state index contributed by atoms with van der Waals surface area (Å²) in [5, 5.41) is 6.15. The third-order valence-corrected chi connectivity index (χ3v) is 4.75. The van der Waals surface area contributed by atoms with E-state index < -0.39 is 5.56 Å². The third-order valence-electron chi connectivity index (χ3n) is 4.38. The van der Waals surface area contributed by atoms with Crippen LogP contribution < -0.4 is 10.5 Å². The van der Waals surface area contributed by atoms with E-state index in [4.69, 9.17) is 11.6 Å². The third kappa shape index (κ3) is 3.14.